The van der Waals surface area contributed by atoms with Crippen LogP contribution in [-0.4, -0.2) is 16.7 Å². The number of ether oxygens (including phenoxy) is 1. The van der Waals surface area contributed by atoms with Crippen molar-refractivity contribution in [1.29, 1.82) is 0 Å². The van der Waals surface area contributed by atoms with Crippen molar-refractivity contribution in [3.05, 3.63) is 35.4 Å². The maximum absolute atomic E-state index is 11.5. The molecule has 0 saturated heterocycles. The second-order valence-electron chi connectivity index (χ2n) is 5.50. The Balaban J connectivity index is 2.49. The molecule has 0 aromatic heterocycles. The molecule has 0 aliphatic heterocycles. The summed E-state index contributed by atoms with van der Waals surface area (Å²) in [5, 5.41) is 10.0. The van der Waals surface area contributed by atoms with Gasteiger partial charge in [-0.25, -0.2) is 0 Å². The van der Waals surface area contributed by atoms with Crippen molar-refractivity contribution in [2.75, 3.05) is 0 Å². The fourth-order valence-corrected chi connectivity index (χ4v) is 1.76. The molecule has 100 valence electrons. The highest BCUT2D eigenvalue weighted by atomic mass is 16.6. The number of benzene rings is 1. The SMILES string of the molecule is Cc1ccccc1[C@H](O)CCC(=O)OC(C)(C)C. The summed E-state index contributed by atoms with van der Waals surface area (Å²) in [5.41, 5.74) is 1.44. The second kappa shape index (κ2) is 6.01. The summed E-state index contributed by atoms with van der Waals surface area (Å²) in [5.74, 6) is -0.268. The largest absolute Gasteiger partial charge is 0.460 e. The summed E-state index contributed by atoms with van der Waals surface area (Å²) in [4.78, 5) is 11.5. The van der Waals surface area contributed by atoms with Crippen LogP contribution in [0.4, 0.5) is 0 Å². The highest BCUT2D eigenvalue weighted by Gasteiger charge is 2.18. The lowest BCUT2D eigenvalue weighted by Crippen LogP contribution is -2.24. The smallest absolute Gasteiger partial charge is 0.306 e. The molecule has 0 amide bonds. The lowest BCUT2D eigenvalue weighted by atomic mass is 10.00. The number of rotatable bonds is 4. The molecule has 0 aliphatic rings. The van der Waals surface area contributed by atoms with Crippen LogP contribution in [0.5, 0.6) is 0 Å². The van der Waals surface area contributed by atoms with Gasteiger partial charge in [0.2, 0.25) is 0 Å². The van der Waals surface area contributed by atoms with E-state index in [0.29, 0.717) is 6.42 Å². The van der Waals surface area contributed by atoms with Gasteiger partial charge in [-0.2, -0.15) is 0 Å². The van der Waals surface area contributed by atoms with Gasteiger partial charge < -0.3 is 9.84 Å². The summed E-state index contributed by atoms with van der Waals surface area (Å²) < 4.78 is 5.20. The number of carbonyl (C=O) groups is 1. The topological polar surface area (TPSA) is 46.5 Å². The molecule has 3 nitrogen and oxygen atoms in total. The van der Waals surface area contributed by atoms with E-state index in [1.165, 1.54) is 0 Å². The van der Waals surface area contributed by atoms with Crippen molar-refractivity contribution in [2.45, 2.75) is 52.2 Å². The average Bonchev–Trinajstić information content (AvgIpc) is 2.24. The minimum atomic E-state index is -0.612. The van der Waals surface area contributed by atoms with Crippen molar-refractivity contribution < 1.29 is 14.6 Å². The van der Waals surface area contributed by atoms with E-state index in [1.807, 2.05) is 52.0 Å². The third-order valence-electron chi connectivity index (χ3n) is 2.59. The van der Waals surface area contributed by atoms with Crippen molar-refractivity contribution in [3.63, 3.8) is 0 Å². The summed E-state index contributed by atoms with van der Waals surface area (Å²) in [6.45, 7) is 7.46. The van der Waals surface area contributed by atoms with Gasteiger partial charge in [0.25, 0.3) is 0 Å². The van der Waals surface area contributed by atoms with Crippen LogP contribution < -0.4 is 0 Å². The molecule has 1 N–H and O–H groups in total. The molecule has 0 saturated carbocycles. The van der Waals surface area contributed by atoms with E-state index in [4.69, 9.17) is 4.74 Å². The Morgan fingerprint density at radius 3 is 2.50 bits per heavy atom. The van der Waals surface area contributed by atoms with Gasteiger partial charge in [0.05, 0.1) is 6.10 Å². The number of aliphatic hydroxyl groups excluding tert-OH is 1. The Bertz CT molecular complexity index is 404. The van der Waals surface area contributed by atoms with Crippen molar-refractivity contribution in [1.82, 2.24) is 0 Å². The number of hydrogen-bond acceptors (Lipinski definition) is 3. The van der Waals surface area contributed by atoms with Crippen LogP contribution in [0.15, 0.2) is 24.3 Å². The summed E-state index contributed by atoms with van der Waals surface area (Å²) in [6.07, 6.45) is 0.00530. The number of aryl methyl sites for hydroxylation is 1. The predicted octanol–water partition coefficient (Wildman–Crippen LogP) is 3.15. The van der Waals surface area contributed by atoms with E-state index in [9.17, 15) is 9.90 Å². The molecule has 1 rings (SSSR count). The summed E-state index contributed by atoms with van der Waals surface area (Å²) in [7, 11) is 0. The van der Waals surface area contributed by atoms with E-state index in [2.05, 4.69) is 0 Å². The van der Waals surface area contributed by atoms with Gasteiger partial charge >= 0.3 is 5.97 Å². The minimum absolute atomic E-state index is 0.229. The Morgan fingerprint density at radius 1 is 1.33 bits per heavy atom. The summed E-state index contributed by atoms with van der Waals surface area (Å²) in [6, 6.07) is 7.65. The Morgan fingerprint density at radius 2 is 1.94 bits per heavy atom. The van der Waals surface area contributed by atoms with Gasteiger partial charge in [0.1, 0.15) is 5.60 Å². The first-order chi connectivity index (χ1) is 8.29. The van der Waals surface area contributed by atoms with E-state index in [-0.39, 0.29) is 12.4 Å². The molecular formula is C15H22O3. The maximum atomic E-state index is 11.5. The fraction of sp³-hybridized carbons (Fsp3) is 0.533. The molecule has 0 spiro atoms. The molecule has 0 radical (unpaired) electrons. The first-order valence-corrected chi connectivity index (χ1v) is 6.25. The second-order valence-corrected chi connectivity index (χ2v) is 5.50. The Kier molecular flexibility index (Phi) is 4.91. The van der Waals surface area contributed by atoms with Crippen LogP contribution in [0, 0.1) is 6.92 Å². The molecule has 18 heavy (non-hydrogen) atoms. The zero-order chi connectivity index (χ0) is 13.8. The number of aliphatic hydroxyl groups is 1. The van der Waals surface area contributed by atoms with Crippen molar-refractivity contribution in [2.24, 2.45) is 0 Å². The van der Waals surface area contributed by atoms with Crippen LogP contribution in [0.2, 0.25) is 0 Å². The average molecular weight is 250 g/mol. The zero-order valence-electron chi connectivity index (χ0n) is 11.6. The molecule has 0 fully saturated rings. The normalized spacial score (nSPS) is 13.2. The Labute approximate surface area is 109 Å². The lowest BCUT2D eigenvalue weighted by Gasteiger charge is -2.20. The summed E-state index contributed by atoms with van der Waals surface area (Å²) >= 11 is 0. The van der Waals surface area contributed by atoms with E-state index < -0.39 is 11.7 Å². The molecule has 1 aromatic rings. The quantitative estimate of drug-likeness (QED) is 0.835. The molecule has 3 heteroatoms. The van der Waals surface area contributed by atoms with Crippen LogP contribution >= 0.6 is 0 Å². The predicted molar refractivity (Wildman–Crippen MR) is 71.2 cm³/mol. The highest BCUT2D eigenvalue weighted by molar-refractivity contribution is 5.69. The van der Waals surface area contributed by atoms with Gasteiger partial charge in [-0.3, -0.25) is 4.79 Å². The standard InChI is InChI=1S/C15H22O3/c1-11-7-5-6-8-12(11)13(16)9-10-14(17)18-15(2,3)4/h5-8,13,16H,9-10H2,1-4H3/t13-/m1/s1. The lowest BCUT2D eigenvalue weighted by molar-refractivity contribution is -0.155. The van der Waals surface area contributed by atoms with Gasteiger partial charge in [-0.15, -0.1) is 0 Å². The minimum Gasteiger partial charge on any atom is -0.460 e. The first kappa shape index (κ1) is 14.7. The number of carbonyl (C=O) groups excluding carboxylic acids is 1. The van der Waals surface area contributed by atoms with Crippen LogP contribution in [0.3, 0.4) is 0 Å². The number of hydrogen-bond donors (Lipinski definition) is 1. The monoisotopic (exact) mass is 250 g/mol. The van der Waals surface area contributed by atoms with Gasteiger partial charge in [0.15, 0.2) is 0 Å². The van der Waals surface area contributed by atoms with E-state index in [1.54, 1.807) is 0 Å². The Hall–Kier alpha value is -1.35. The molecule has 0 aliphatic carbocycles. The van der Waals surface area contributed by atoms with Gasteiger partial charge in [-0.05, 0) is 45.2 Å². The molecule has 1 atom stereocenters. The molecular weight excluding hydrogens is 228 g/mol. The molecule has 1 aromatic carbocycles. The zero-order valence-corrected chi connectivity index (χ0v) is 11.6. The highest BCUT2D eigenvalue weighted by Crippen LogP contribution is 2.22. The molecule has 0 bridgehead atoms. The van der Waals surface area contributed by atoms with E-state index in [0.717, 1.165) is 11.1 Å². The van der Waals surface area contributed by atoms with Gasteiger partial charge in [0, 0.05) is 6.42 Å². The third kappa shape index (κ3) is 4.88. The van der Waals surface area contributed by atoms with Crippen molar-refractivity contribution >= 4 is 5.97 Å². The van der Waals surface area contributed by atoms with Gasteiger partial charge in [-0.1, -0.05) is 24.3 Å². The maximum Gasteiger partial charge on any atom is 0.306 e. The molecule has 0 heterocycles. The van der Waals surface area contributed by atoms with Crippen LogP contribution in [0.25, 0.3) is 0 Å². The number of esters is 1. The third-order valence-corrected chi connectivity index (χ3v) is 2.59. The molecule has 0 unspecified atom stereocenters. The van der Waals surface area contributed by atoms with E-state index >= 15 is 0 Å². The fourth-order valence-electron chi connectivity index (χ4n) is 1.76. The van der Waals surface area contributed by atoms with Crippen molar-refractivity contribution in [3.8, 4) is 0 Å². The van der Waals surface area contributed by atoms with Crippen LogP contribution in [0.1, 0.15) is 50.8 Å². The van der Waals surface area contributed by atoms with Crippen LogP contribution in [-0.2, 0) is 9.53 Å². The first-order valence-electron chi connectivity index (χ1n) is 6.25.